The standard InChI is InChI=1S/C70H60N2/c1-45-21-19-29-55(51-33-37-59-57-27-15-17-31-61(57)69(5,6)63(59)43-51)67(45)71(53-23-11-9-12-24-53)65-39-35-49(41-47(65)3)50-36-40-66(48(4)42-50)72(54-25-13-10-14-26-54)68-46(2)22-20-30-56(68)52-34-38-60-58-28-16-18-32-62(58)70(7,8)64(60)44-52/h9-44H,1-8H3. The molecular weight excluding hydrogens is 869 g/mol. The average Bonchev–Trinajstić information content (AvgIpc) is 3.77. The van der Waals surface area contributed by atoms with E-state index in [-0.39, 0.29) is 10.8 Å². The van der Waals surface area contributed by atoms with Crippen LogP contribution >= 0.6 is 0 Å². The summed E-state index contributed by atoms with van der Waals surface area (Å²) < 4.78 is 0. The Labute approximate surface area is 426 Å². The third-order valence-electron chi connectivity index (χ3n) is 15.9. The minimum Gasteiger partial charge on any atom is -0.309 e. The smallest absolute Gasteiger partial charge is 0.0569 e. The molecule has 0 atom stereocenters. The summed E-state index contributed by atoms with van der Waals surface area (Å²) in [6, 6.07) is 81.3. The second-order valence-corrected chi connectivity index (χ2v) is 21.1. The van der Waals surface area contributed by atoms with Gasteiger partial charge >= 0.3 is 0 Å². The molecule has 0 saturated heterocycles. The van der Waals surface area contributed by atoms with Crippen LogP contribution in [0.15, 0.2) is 218 Å². The fourth-order valence-electron chi connectivity index (χ4n) is 12.2. The summed E-state index contributed by atoms with van der Waals surface area (Å²) in [5.41, 5.74) is 29.8. The summed E-state index contributed by atoms with van der Waals surface area (Å²) in [6.07, 6.45) is 0. The second kappa shape index (κ2) is 17.3. The van der Waals surface area contributed by atoms with Gasteiger partial charge in [0, 0.05) is 44.7 Å². The van der Waals surface area contributed by atoms with Gasteiger partial charge in [0.05, 0.1) is 11.4 Å². The highest BCUT2D eigenvalue weighted by Gasteiger charge is 2.37. The lowest BCUT2D eigenvalue weighted by Crippen LogP contribution is -2.16. The SMILES string of the molecule is Cc1cc(-c2ccc(N(c3ccccc3)c3c(C)cccc3-c3ccc4c(c3)C(C)(C)c3ccccc3-4)c(C)c2)ccc1N(c1ccccc1)c1c(C)cccc1-c1ccc2c(c1)C(C)(C)c1ccccc1-2. The molecule has 0 amide bonds. The van der Waals surface area contributed by atoms with E-state index in [1.807, 2.05) is 0 Å². The molecule has 0 radical (unpaired) electrons. The third-order valence-corrected chi connectivity index (χ3v) is 15.9. The normalized spacial score (nSPS) is 13.5. The van der Waals surface area contributed by atoms with Gasteiger partial charge in [0.2, 0.25) is 0 Å². The van der Waals surface area contributed by atoms with Gasteiger partial charge in [0.15, 0.2) is 0 Å². The molecule has 0 aromatic heterocycles. The summed E-state index contributed by atoms with van der Waals surface area (Å²) in [7, 11) is 0. The predicted molar refractivity (Wildman–Crippen MR) is 306 cm³/mol. The lowest BCUT2D eigenvalue weighted by molar-refractivity contribution is 0.660. The number of nitrogens with zero attached hydrogens (tertiary/aromatic N) is 2. The molecule has 0 heterocycles. The van der Waals surface area contributed by atoms with Crippen LogP contribution in [0.25, 0.3) is 55.6 Å². The molecule has 2 aliphatic carbocycles. The predicted octanol–water partition coefficient (Wildman–Crippen LogP) is 19.5. The topological polar surface area (TPSA) is 6.48 Å². The molecule has 0 bridgehead atoms. The van der Waals surface area contributed by atoms with Gasteiger partial charge in [-0.3, -0.25) is 0 Å². The van der Waals surface area contributed by atoms with Crippen molar-refractivity contribution < 1.29 is 0 Å². The van der Waals surface area contributed by atoms with Gasteiger partial charge in [-0.25, -0.2) is 0 Å². The molecule has 2 heteroatoms. The molecule has 350 valence electrons. The van der Waals surface area contributed by atoms with Gasteiger partial charge in [-0.2, -0.15) is 0 Å². The maximum Gasteiger partial charge on any atom is 0.0569 e. The van der Waals surface area contributed by atoms with Crippen molar-refractivity contribution in [2.45, 2.75) is 66.2 Å². The van der Waals surface area contributed by atoms with E-state index >= 15 is 0 Å². The zero-order valence-electron chi connectivity index (χ0n) is 42.7. The number of hydrogen-bond acceptors (Lipinski definition) is 2. The molecule has 72 heavy (non-hydrogen) atoms. The van der Waals surface area contributed by atoms with Crippen LogP contribution in [0.4, 0.5) is 34.1 Å². The first-order chi connectivity index (χ1) is 34.9. The van der Waals surface area contributed by atoms with Crippen LogP contribution < -0.4 is 9.80 Å². The van der Waals surface area contributed by atoms with Crippen molar-refractivity contribution in [3.63, 3.8) is 0 Å². The minimum atomic E-state index is -0.0919. The van der Waals surface area contributed by atoms with Gasteiger partial charge in [0.25, 0.3) is 0 Å². The van der Waals surface area contributed by atoms with Crippen molar-refractivity contribution in [2.75, 3.05) is 9.80 Å². The molecule has 0 fully saturated rings. The molecule has 10 aromatic rings. The monoisotopic (exact) mass is 928 g/mol. The van der Waals surface area contributed by atoms with E-state index in [0.29, 0.717) is 0 Å². The van der Waals surface area contributed by atoms with Crippen LogP contribution in [0.2, 0.25) is 0 Å². The molecular formula is C70H60N2. The highest BCUT2D eigenvalue weighted by atomic mass is 15.2. The van der Waals surface area contributed by atoms with Crippen molar-refractivity contribution in [3.8, 4) is 55.6 Å². The van der Waals surface area contributed by atoms with Gasteiger partial charge in [-0.15, -0.1) is 0 Å². The molecule has 0 N–H and O–H groups in total. The Hall–Kier alpha value is -8.20. The first-order valence-electron chi connectivity index (χ1n) is 25.5. The van der Waals surface area contributed by atoms with Crippen molar-refractivity contribution >= 4 is 34.1 Å². The summed E-state index contributed by atoms with van der Waals surface area (Å²) in [5, 5.41) is 0. The molecule has 10 aromatic carbocycles. The lowest BCUT2D eigenvalue weighted by Gasteiger charge is -2.32. The van der Waals surface area contributed by atoms with Gasteiger partial charge in [-0.1, -0.05) is 185 Å². The largest absolute Gasteiger partial charge is 0.309 e. The highest BCUT2D eigenvalue weighted by molar-refractivity contribution is 5.95. The summed E-state index contributed by atoms with van der Waals surface area (Å²) >= 11 is 0. The number of benzene rings is 10. The van der Waals surface area contributed by atoms with Crippen molar-refractivity contribution in [1.82, 2.24) is 0 Å². The fourth-order valence-corrected chi connectivity index (χ4v) is 12.2. The van der Waals surface area contributed by atoms with E-state index in [2.05, 4.69) is 284 Å². The van der Waals surface area contributed by atoms with Crippen LogP contribution in [0.3, 0.4) is 0 Å². The van der Waals surface area contributed by atoms with E-state index in [1.54, 1.807) is 0 Å². The number of aryl methyl sites for hydroxylation is 4. The number of hydrogen-bond donors (Lipinski definition) is 0. The number of anilines is 6. The van der Waals surface area contributed by atoms with Gasteiger partial charge < -0.3 is 9.80 Å². The molecule has 12 rings (SSSR count). The Morgan fingerprint density at radius 3 is 1.01 bits per heavy atom. The maximum absolute atomic E-state index is 2.48. The van der Waals surface area contributed by atoms with Crippen LogP contribution in [0.5, 0.6) is 0 Å². The van der Waals surface area contributed by atoms with E-state index in [0.717, 1.165) is 22.7 Å². The molecule has 0 spiro atoms. The maximum atomic E-state index is 2.48. The van der Waals surface area contributed by atoms with Crippen LogP contribution in [-0.4, -0.2) is 0 Å². The van der Waals surface area contributed by atoms with Crippen LogP contribution in [-0.2, 0) is 10.8 Å². The van der Waals surface area contributed by atoms with E-state index in [9.17, 15) is 0 Å². The summed E-state index contributed by atoms with van der Waals surface area (Å²) in [6.45, 7) is 18.5. The van der Waals surface area contributed by atoms with Crippen LogP contribution in [0, 0.1) is 27.7 Å². The van der Waals surface area contributed by atoms with E-state index in [1.165, 1.54) is 112 Å². The zero-order chi connectivity index (χ0) is 49.5. The first-order valence-corrected chi connectivity index (χ1v) is 25.5. The van der Waals surface area contributed by atoms with Gasteiger partial charge in [-0.05, 0) is 177 Å². The number of fused-ring (bicyclic) bond motifs is 6. The Morgan fingerprint density at radius 2 is 0.611 bits per heavy atom. The number of para-hydroxylation sites is 4. The molecule has 2 aliphatic rings. The summed E-state index contributed by atoms with van der Waals surface area (Å²) in [4.78, 5) is 4.95. The molecule has 0 unspecified atom stereocenters. The average molecular weight is 929 g/mol. The van der Waals surface area contributed by atoms with Crippen molar-refractivity contribution in [3.05, 3.63) is 263 Å². The minimum absolute atomic E-state index is 0.0919. The van der Waals surface area contributed by atoms with Gasteiger partial charge in [0.1, 0.15) is 0 Å². The summed E-state index contributed by atoms with van der Waals surface area (Å²) in [5.74, 6) is 0. The highest BCUT2D eigenvalue weighted by Crippen LogP contribution is 2.53. The van der Waals surface area contributed by atoms with E-state index in [4.69, 9.17) is 0 Å². The quantitative estimate of drug-likeness (QED) is 0.142. The molecule has 0 saturated carbocycles. The van der Waals surface area contributed by atoms with Crippen molar-refractivity contribution in [2.24, 2.45) is 0 Å². The van der Waals surface area contributed by atoms with Crippen LogP contribution in [0.1, 0.15) is 72.2 Å². The molecule has 0 aliphatic heterocycles. The Bertz CT molecular complexity index is 3500. The van der Waals surface area contributed by atoms with Crippen molar-refractivity contribution in [1.29, 1.82) is 0 Å². The number of rotatable bonds is 9. The lowest BCUT2D eigenvalue weighted by atomic mass is 9.81. The zero-order valence-corrected chi connectivity index (χ0v) is 42.7. The second-order valence-electron chi connectivity index (χ2n) is 21.1. The third kappa shape index (κ3) is 7.23. The first kappa shape index (κ1) is 45.0. The Balaban J connectivity index is 0.931. The van der Waals surface area contributed by atoms with E-state index < -0.39 is 0 Å². The fraction of sp³-hybridized carbons (Fsp3) is 0.143. The Kier molecular flexibility index (Phi) is 10.8. The Morgan fingerprint density at radius 1 is 0.264 bits per heavy atom. The molecule has 2 nitrogen and oxygen atoms in total.